The minimum absolute atomic E-state index is 0.293. The molecular formula is C14H12FNO2. The average molecular weight is 245 g/mol. The number of aromatic nitrogens is 1. The minimum atomic E-state index is -0.938. The SMILES string of the molecule is O=C(O)[C@H](Cc1ccccn1)c1ccc(F)cc1. The highest BCUT2D eigenvalue weighted by Gasteiger charge is 2.20. The van der Waals surface area contributed by atoms with Crippen LogP contribution in [0.4, 0.5) is 4.39 Å². The van der Waals surface area contributed by atoms with Crippen molar-refractivity contribution in [2.24, 2.45) is 0 Å². The molecule has 0 unspecified atom stereocenters. The van der Waals surface area contributed by atoms with E-state index < -0.39 is 11.9 Å². The summed E-state index contributed by atoms with van der Waals surface area (Å²) >= 11 is 0. The molecule has 0 amide bonds. The average Bonchev–Trinajstić information content (AvgIpc) is 2.38. The molecule has 1 N–H and O–H groups in total. The van der Waals surface area contributed by atoms with Crippen LogP contribution in [0.3, 0.4) is 0 Å². The van der Waals surface area contributed by atoms with Gasteiger partial charge in [0.1, 0.15) is 5.82 Å². The molecule has 0 radical (unpaired) electrons. The van der Waals surface area contributed by atoms with Gasteiger partial charge in [-0.3, -0.25) is 9.78 Å². The van der Waals surface area contributed by atoms with E-state index >= 15 is 0 Å². The van der Waals surface area contributed by atoms with Gasteiger partial charge in [-0.15, -0.1) is 0 Å². The maximum atomic E-state index is 12.8. The largest absolute Gasteiger partial charge is 0.481 e. The Kier molecular flexibility index (Phi) is 3.67. The molecule has 92 valence electrons. The number of nitrogens with zero attached hydrogens (tertiary/aromatic N) is 1. The lowest BCUT2D eigenvalue weighted by Gasteiger charge is -2.12. The Hall–Kier alpha value is -2.23. The van der Waals surface area contributed by atoms with Crippen molar-refractivity contribution in [3.05, 3.63) is 65.7 Å². The molecular weight excluding hydrogens is 233 g/mol. The molecule has 1 heterocycles. The van der Waals surface area contributed by atoms with Crippen molar-refractivity contribution >= 4 is 5.97 Å². The summed E-state index contributed by atoms with van der Waals surface area (Å²) in [6.07, 6.45) is 1.92. The topological polar surface area (TPSA) is 50.2 Å². The van der Waals surface area contributed by atoms with Gasteiger partial charge in [0, 0.05) is 18.3 Å². The number of rotatable bonds is 4. The second-order valence-corrected chi connectivity index (χ2v) is 3.97. The lowest BCUT2D eigenvalue weighted by Crippen LogP contribution is -2.15. The van der Waals surface area contributed by atoms with Gasteiger partial charge < -0.3 is 5.11 Å². The first-order chi connectivity index (χ1) is 8.66. The minimum Gasteiger partial charge on any atom is -0.481 e. The fraction of sp³-hybridized carbons (Fsp3) is 0.143. The fourth-order valence-electron chi connectivity index (χ4n) is 1.77. The molecule has 18 heavy (non-hydrogen) atoms. The fourth-order valence-corrected chi connectivity index (χ4v) is 1.77. The summed E-state index contributed by atoms with van der Waals surface area (Å²) < 4.78 is 12.8. The van der Waals surface area contributed by atoms with Crippen LogP contribution in [0.1, 0.15) is 17.2 Å². The van der Waals surface area contributed by atoms with Crippen molar-refractivity contribution in [2.75, 3.05) is 0 Å². The Balaban J connectivity index is 2.24. The van der Waals surface area contributed by atoms with Crippen LogP contribution in [0.5, 0.6) is 0 Å². The van der Waals surface area contributed by atoms with Gasteiger partial charge in [0.25, 0.3) is 0 Å². The van der Waals surface area contributed by atoms with Crippen LogP contribution in [-0.4, -0.2) is 16.1 Å². The van der Waals surface area contributed by atoms with Crippen molar-refractivity contribution in [1.29, 1.82) is 0 Å². The molecule has 2 rings (SSSR count). The zero-order valence-electron chi connectivity index (χ0n) is 9.58. The number of aliphatic carboxylic acids is 1. The number of halogens is 1. The van der Waals surface area contributed by atoms with Gasteiger partial charge in [0.05, 0.1) is 5.92 Å². The number of hydrogen-bond donors (Lipinski definition) is 1. The van der Waals surface area contributed by atoms with Gasteiger partial charge in [-0.05, 0) is 29.8 Å². The highest BCUT2D eigenvalue weighted by atomic mass is 19.1. The Morgan fingerprint density at radius 3 is 2.50 bits per heavy atom. The highest BCUT2D eigenvalue weighted by molar-refractivity contribution is 5.76. The summed E-state index contributed by atoms with van der Waals surface area (Å²) in [5, 5.41) is 9.24. The quantitative estimate of drug-likeness (QED) is 0.900. The first-order valence-electron chi connectivity index (χ1n) is 5.55. The Morgan fingerprint density at radius 2 is 1.94 bits per heavy atom. The lowest BCUT2D eigenvalue weighted by molar-refractivity contribution is -0.138. The van der Waals surface area contributed by atoms with Crippen molar-refractivity contribution in [3.63, 3.8) is 0 Å². The molecule has 1 aromatic carbocycles. The number of carboxylic acids is 1. The van der Waals surface area contributed by atoms with E-state index in [4.69, 9.17) is 0 Å². The standard InChI is InChI=1S/C14H12FNO2/c15-11-6-4-10(5-7-11)13(14(17)18)9-12-3-1-2-8-16-12/h1-8,13H,9H2,(H,17,18)/t13-/m1/s1. The van der Waals surface area contributed by atoms with E-state index in [1.54, 1.807) is 18.3 Å². The second kappa shape index (κ2) is 5.40. The van der Waals surface area contributed by atoms with E-state index in [0.29, 0.717) is 17.7 Å². The van der Waals surface area contributed by atoms with Crippen molar-refractivity contribution in [3.8, 4) is 0 Å². The first-order valence-corrected chi connectivity index (χ1v) is 5.55. The van der Waals surface area contributed by atoms with Gasteiger partial charge in [0.2, 0.25) is 0 Å². The van der Waals surface area contributed by atoms with Gasteiger partial charge in [0.15, 0.2) is 0 Å². The Labute approximate surface area is 104 Å². The molecule has 2 aromatic rings. The lowest BCUT2D eigenvalue weighted by atomic mass is 9.94. The van der Waals surface area contributed by atoms with Crippen molar-refractivity contribution in [2.45, 2.75) is 12.3 Å². The third-order valence-electron chi connectivity index (χ3n) is 2.71. The normalized spacial score (nSPS) is 12.1. The number of carbonyl (C=O) groups is 1. The molecule has 0 aliphatic rings. The van der Waals surface area contributed by atoms with Crippen LogP contribution < -0.4 is 0 Å². The maximum Gasteiger partial charge on any atom is 0.311 e. The van der Waals surface area contributed by atoms with Gasteiger partial charge in [-0.25, -0.2) is 4.39 Å². The van der Waals surface area contributed by atoms with Gasteiger partial charge in [-0.2, -0.15) is 0 Å². The zero-order valence-corrected chi connectivity index (χ0v) is 9.58. The number of carboxylic acid groups (broad SMARTS) is 1. The van der Waals surface area contributed by atoms with Crippen LogP contribution in [0.2, 0.25) is 0 Å². The molecule has 3 nitrogen and oxygen atoms in total. The highest BCUT2D eigenvalue weighted by Crippen LogP contribution is 2.20. The second-order valence-electron chi connectivity index (χ2n) is 3.97. The molecule has 0 aliphatic carbocycles. The number of hydrogen-bond acceptors (Lipinski definition) is 2. The number of pyridine rings is 1. The monoisotopic (exact) mass is 245 g/mol. The molecule has 0 saturated heterocycles. The third kappa shape index (κ3) is 2.91. The van der Waals surface area contributed by atoms with Gasteiger partial charge >= 0.3 is 5.97 Å². The van der Waals surface area contributed by atoms with Gasteiger partial charge in [-0.1, -0.05) is 18.2 Å². The van der Waals surface area contributed by atoms with Crippen molar-refractivity contribution in [1.82, 2.24) is 4.98 Å². The zero-order chi connectivity index (χ0) is 13.0. The summed E-state index contributed by atoms with van der Waals surface area (Å²) in [6.45, 7) is 0. The van der Waals surface area contributed by atoms with E-state index in [1.807, 2.05) is 6.07 Å². The van der Waals surface area contributed by atoms with E-state index in [1.165, 1.54) is 24.3 Å². The van der Waals surface area contributed by atoms with Crippen LogP contribution in [0.15, 0.2) is 48.7 Å². The van der Waals surface area contributed by atoms with E-state index in [9.17, 15) is 14.3 Å². The Bertz CT molecular complexity index is 525. The molecule has 0 aliphatic heterocycles. The number of benzene rings is 1. The predicted octanol–water partition coefficient (Wildman–Crippen LogP) is 2.63. The Morgan fingerprint density at radius 1 is 1.22 bits per heavy atom. The summed E-state index contributed by atoms with van der Waals surface area (Å²) in [5.74, 6) is -2.02. The molecule has 4 heteroatoms. The summed E-state index contributed by atoms with van der Waals surface area (Å²) in [6, 6.07) is 10.9. The summed E-state index contributed by atoms with van der Waals surface area (Å²) in [7, 11) is 0. The molecule has 0 bridgehead atoms. The van der Waals surface area contributed by atoms with E-state index in [0.717, 1.165) is 0 Å². The maximum absolute atomic E-state index is 12.8. The summed E-state index contributed by atoms with van der Waals surface area (Å²) in [5.41, 5.74) is 1.28. The molecule has 1 aromatic heterocycles. The third-order valence-corrected chi connectivity index (χ3v) is 2.71. The van der Waals surface area contributed by atoms with E-state index in [-0.39, 0.29) is 5.82 Å². The smallest absolute Gasteiger partial charge is 0.311 e. The van der Waals surface area contributed by atoms with Crippen LogP contribution in [0, 0.1) is 5.82 Å². The molecule has 0 fully saturated rings. The molecule has 0 saturated carbocycles. The summed E-state index contributed by atoms with van der Waals surface area (Å²) in [4.78, 5) is 15.4. The first kappa shape index (κ1) is 12.2. The van der Waals surface area contributed by atoms with Crippen LogP contribution in [-0.2, 0) is 11.2 Å². The predicted molar refractivity (Wildman–Crippen MR) is 64.7 cm³/mol. The van der Waals surface area contributed by atoms with Crippen LogP contribution in [0.25, 0.3) is 0 Å². The molecule has 1 atom stereocenters. The van der Waals surface area contributed by atoms with E-state index in [2.05, 4.69) is 4.98 Å². The molecule has 0 spiro atoms. The van der Waals surface area contributed by atoms with Crippen molar-refractivity contribution < 1.29 is 14.3 Å². The van der Waals surface area contributed by atoms with Crippen LogP contribution >= 0.6 is 0 Å².